The fraction of sp³-hybridized carbons (Fsp3) is 0.188. The van der Waals surface area contributed by atoms with E-state index in [4.69, 9.17) is 27.9 Å². The number of carbonyl (C=O) groups is 1. The zero-order valence-corrected chi connectivity index (χ0v) is 13.8. The van der Waals surface area contributed by atoms with Gasteiger partial charge in [0.1, 0.15) is 10.3 Å². The Morgan fingerprint density at radius 2 is 2.00 bits per heavy atom. The number of rotatable bonds is 4. The van der Waals surface area contributed by atoms with Crippen LogP contribution in [0.25, 0.3) is 10.9 Å². The molecule has 3 aromatic rings. The number of esters is 1. The number of carbonyl (C=O) groups excluding carboxylic acids is 1. The number of hydrogen-bond donors (Lipinski definition) is 0. The smallest absolute Gasteiger partial charge is 0.359 e. The molecule has 0 N–H and O–H groups in total. The molecular formula is C16H13Cl2N3O2. The summed E-state index contributed by atoms with van der Waals surface area (Å²) in [5.41, 5.74) is 1.88. The van der Waals surface area contributed by atoms with Crippen LogP contribution in [0.3, 0.4) is 0 Å². The molecule has 2 aromatic heterocycles. The van der Waals surface area contributed by atoms with E-state index in [2.05, 4.69) is 10.1 Å². The molecule has 118 valence electrons. The molecule has 0 unspecified atom stereocenters. The van der Waals surface area contributed by atoms with E-state index < -0.39 is 5.97 Å². The fourth-order valence-corrected chi connectivity index (χ4v) is 2.72. The summed E-state index contributed by atoms with van der Waals surface area (Å²) >= 11 is 11.9. The number of benzene rings is 1. The molecule has 1 aromatic carbocycles. The van der Waals surface area contributed by atoms with Crippen LogP contribution in [0.15, 0.2) is 36.4 Å². The fourth-order valence-electron chi connectivity index (χ4n) is 2.32. The number of aromatic nitrogens is 3. The number of halogens is 2. The quantitative estimate of drug-likeness (QED) is 0.528. The van der Waals surface area contributed by atoms with Gasteiger partial charge in [-0.3, -0.25) is 4.68 Å². The molecule has 0 saturated carbocycles. The van der Waals surface area contributed by atoms with Gasteiger partial charge < -0.3 is 4.74 Å². The molecule has 0 aliphatic heterocycles. The Morgan fingerprint density at radius 3 is 2.74 bits per heavy atom. The van der Waals surface area contributed by atoms with Crippen LogP contribution in [-0.4, -0.2) is 27.3 Å². The first kappa shape index (κ1) is 15.8. The van der Waals surface area contributed by atoms with Crippen molar-refractivity contribution >= 4 is 40.1 Å². The molecule has 0 fully saturated rings. The number of ether oxygens (including phenoxy) is 1. The Kier molecular flexibility index (Phi) is 4.50. The molecular weight excluding hydrogens is 337 g/mol. The summed E-state index contributed by atoms with van der Waals surface area (Å²) in [6.45, 7) is 2.44. The van der Waals surface area contributed by atoms with Gasteiger partial charge in [0.05, 0.1) is 18.7 Å². The highest BCUT2D eigenvalue weighted by molar-refractivity contribution is 6.32. The SMILES string of the molecule is CCOC(=O)c1nn(Cc2ccc(Cl)nc2Cl)c2ccccc12. The molecule has 0 radical (unpaired) electrons. The number of fused-ring (bicyclic) bond motifs is 1. The van der Waals surface area contributed by atoms with Crippen molar-refractivity contribution in [1.29, 1.82) is 0 Å². The third-order valence-corrected chi connectivity index (χ3v) is 3.88. The highest BCUT2D eigenvalue weighted by Crippen LogP contribution is 2.23. The maximum Gasteiger partial charge on any atom is 0.359 e. The number of nitrogens with zero attached hydrogens (tertiary/aromatic N) is 3. The predicted octanol–water partition coefficient (Wildman–Crippen LogP) is 3.96. The Labute approximate surface area is 142 Å². The summed E-state index contributed by atoms with van der Waals surface area (Å²) in [7, 11) is 0. The van der Waals surface area contributed by atoms with E-state index >= 15 is 0 Å². The molecule has 7 heteroatoms. The summed E-state index contributed by atoms with van der Waals surface area (Å²) in [4.78, 5) is 16.1. The Bertz CT molecular complexity index is 877. The van der Waals surface area contributed by atoms with E-state index in [1.54, 1.807) is 23.7 Å². The van der Waals surface area contributed by atoms with Crippen molar-refractivity contribution in [2.75, 3.05) is 6.61 Å². The molecule has 0 bridgehead atoms. The molecule has 0 atom stereocenters. The van der Waals surface area contributed by atoms with E-state index in [0.29, 0.717) is 29.2 Å². The van der Waals surface area contributed by atoms with Gasteiger partial charge in [0.25, 0.3) is 0 Å². The molecule has 5 nitrogen and oxygen atoms in total. The lowest BCUT2D eigenvalue weighted by atomic mass is 10.2. The minimum atomic E-state index is -0.442. The lowest BCUT2D eigenvalue weighted by Gasteiger charge is -2.05. The van der Waals surface area contributed by atoms with Gasteiger partial charge >= 0.3 is 5.97 Å². The molecule has 3 rings (SSSR count). The largest absolute Gasteiger partial charge is 0.461 e. The van der Waals surface area contributed by atoms with Crippen molar-refractivity contribution in [2.45, 2.75) is 13.5 Å². The van der Waals surface area contributed by atoms with Gasteiger partial charge in [-0.15, -0.1) is 0 Å². The van der Waals surface area contributed by atoms with Crippen molar-refractivity contribution < 1.29 is 9.53 Å². The maximum atomic E-state index is 12.1. The standard InChI is InChI=1S/C16H13Cl2N3O2/c1-2-23-16(22)14-11-5-3-4-6-12(11)21(20-14)9-10-7-8-13(17)19-15(10)18/h3-8H,2,9H2,1H3. The van der Waals surface area contributed by atoms with E-state index in [9.17, 15) is 4.79 Å². The normalized spacial score (nSPS) is 10.9. The van der Waals surface area contributed by atoms with Crippen molar-refractivity contribution in [1.82, 2.24) is 14.8 Å². The maximum absolute atomic E-state index is 12.1. The van der Waals surface area contributed by atoms with Crippen LogP contribution < -0.4 is 0 Å². The van der Waals surface area contributed by atoms with Crippen LogP contribution >= 0.6 is 23.2 Å². The molecule has 0 amide bonds. The predicted molar refractivity (Wildman–Crippen MR) is 89.0 cm³/mol. The van der Waals surface area contributed by atoms with Gasteiger partial charge in [-0.05, 0) is 19.1 Å². The van der Waals surface area contributed by atoms with Gasteiger partial charge in [-0.1, -0.05) is 47.5 Å². The van der Waals surface area contributed by atoms with Crippen LogP contribution in [0.2, 0.25) is 10.3 Å². The first-order valence-electron chi connectivity index (χ1n) is 7.03. The summed E-state index contributed by atoms with van der Waals surface area (Å²) < 4.78 is 6.78. The summed E-state index contributed by atoms with van der Waals surface area (Å²) in [5, 5.41) is 5.77. The van der Waals surface area contributed by atoms with Gasteiger partial charge in [0.2, 0.25) is 0 Å². The molecule has 0 aliphatic carbocycles. The Morgan fingerprint density at radius 1 is 1.22 bits per heavy atom. The van der Waals surface area contributed by atoms with Crippen molar-refractivity contribution in [3.63, 3.8) is 0 Å². The van der Waals surface area contributed by atoms with Crippen molar-refractivity contribution in [2.24, 2.45) is 0 Å². The minimum absolute atomic E-state index is 0.292. The van der Waals surface area contributed by atoms with Crippen LogP contribution in [-0.2, 0) is 11.3 Å². The van der Waals surface area contributed by atoms with Gasteiger partial charge in [0, 0.05) is 10.9 Å². The second-order valence-corrected chi connectivity index (χ2v) is 5.57. The lowest BCUT2D eigenvalue weighted by molar-refractivity contribution is 0.0520. The zero-order chi connectivity index (χ0) is 16.4. The van der Waals surface area contributed by atoms with E-state index in [-0.39, 0.29) is 0 Å². The lowest BCUT2D eigenvalue weighted by Crippen LogP contribution is -2.08. The van der Waals surface area contributed by atoms with E-state index in [0.717, 1.165) is 16.5 Å². The van der Waals surface area contributed by atoms with Gasteiger partial charge in [-0.2, -0.15) is 5.10 Å². The van der Waals surface area contributed by atoms with Crippen LogP contribution in [0, 0.1) is 0 Å². The third-order valence-electron chi connectivity index (χ3n) is 3.34. The van der Waals surface area contributed by atoms with Gasteiger partial charge in [-0.25, -0.2) is 9.78 Å². The first-order chi connectivity index (χ1) is 11.1. The molecule has 23 heavy (non-hydrogen) atoms. The molecule has 0 aliphatic rings. The number of para-hydroxylation sites is 1. The van der Waals surface area contributed by atoms with E-state index in [1.165, 1.54) is 0 Å². The summed E-state index contributed by atoms with van der Waals surface area (Å²) in [6.07, 6.45) is 0. The number of pyridine rings is 1. The van der Waals surface area contributed by atoms with E-state index in [1.807, 2.05) is 24.3 Å². The second-order valence-electron chi connectivity index (χ2n) is 4.83. The number of hydrogen-bond acceptors (Lipinski definition) is 4. The van der Waals surface area contributed by atoms with Crippen LogP contribution in [0.1, 0.15) is 23.0 Å². The average Bonchev–Trinajstić information content (AvgIpc) is 2.89. The van der Waals surface area contributed by atoms with Crippen LogP contribution in [0.4, 0.5) is 0 Å². The first-order valence-corrected chi connectivity index (χ1v) is 7.79. The Balaban J connectivity index is 2.05. The summed E-state index contributed by atoms with van der Waals surface area (Å²) in [6, 6.07) is 10.9. The highest BCUT2D eigenvalue weighted by atomic mass is 35.5. The monoisotopic (exact) mass is 349 g/mol. The molecule has 0 spiro atoms. The molecule has 0 saturated heterocycles. The van der Waals surface area contributed by atoms with Crippen molar-refractivity contribution in [3.8, 4) is 0 Å². The van der Waals surface area contributed by atoms with Gasteiger partial charge in [0.15, 0.2) is 5.69 Å². The zero-order valence-electron chi connectivity index (χ0n) is 12.3. The average molecular weight is 350 g/mol. The second kappa shape index (κ2) is 6.56. The molecule has 2 heterocycles. The minimum Gasteiger partial charge on any atom is -0.461 e. The van der Waals surface area contributed by atoms with Crippen molar-refractivity contribution in [3.05, 3.63) is 58.0 Å². The highest BCUT2D eigenvalue weighted by Gasteiger charge is 2.18. The summed E-state index contributed by atoms with van der Waals surface area (Å²) in [5.74, 6) is -0.442. The third kappa shape index (κ3) is 3.16. The topological polar surface area (TPSA) is 57.0 Å². The Hall–Kier alpha value is -2.11. The van der Waals surface area contributed by atoms with Crippen LogP contribution in [0.5, 0.6) is 0 Å².